The second kappa shape index (κ2) is 6.04. The average molecular weight is 345 g/mol. The van der Waals surface area contributed by atoms with E-state index in [0.717, 1.165) is 12.1 Å². The summed E-state index contributed by atoms with van der Waals surface area (Å²) >= 11 is 0. The monoisotopic (exact) mass is 345 g/mol. The van der Waals surface area contributed by atoms with Crippen molar-refractivity contribution in [2.45, 2.75) is 13.1 Å². The molecule has 0 amide bonds. The van der Waals surface area contributed by atoms with Crippen molar-refractivity contribution in [2.75, 3.05) is 11.5 Å². The van der Waals surface area contributed by atoms with Gasteiger partial charge in [-0.15, -0.1) is 0 Å². The maximum absolute atomic E-state index is 13.0. The third kappa shape index (κ3) is 3.37. The number of nitrogens with zero attached hydrogens (tertiary/aromatic N) is 3. The molecular formula is C17H14F3N5. The molecule has 1 aromatic carbocycles. The fourth-order valence-electron chi connectivity index (χ4n) is 2.55. The van der Waals surface area contributed by atoms with Crippen LogP contribution in [0.1, 0.15) is 11.3 Å². The minimum Gasteiger partial charge on any atom is -0.384 e. The number of anilines is 2. The zero-order chi connectivity index (χ0) is 18.2. The van der Waals surface area contributed by atoms with Crippen molar-refractivity contribution < 1.29 is 13.2 Å². The first-order chi connectivity index (χ1) is 11.8. The standard InChI is InChI=1S/C17H14F3N5/c1-9-14(11-5-6-13(21)23-8-11)15(25-16(22)24-9)10-3-2-4-12(7-10)17(18,19)20/h2-8H,1H3,(H2,21,23)(H2,22,24,25). The summed E-state index contributed by atoms with van der Waals surface area (Å²) in [7, 11) is 0. The van der Waals surface area contributed by atoms with E-state index >= 15 is 0 Å². The number of alkyl halides is 3. The molecule has 5 nitrogen and oxygen atoms in total. The van der Waals surface area contributed by atoms with Gasteiger partial charge in [0.15, 0.2) is 0 Å². The molecule has 2 heterocycles. The van der Waals surface area contributed by atoms with E-state index in [1.165, 1.54) is 12.3 Å². The predicted molar refractivity (Wildman–Crippen MR) is 89.3 cm³/mol. The number of aryl methyl sites for hydroxylation is 1. The van der Waals surface area contributed by atoms with Crippen LogP contribution in [-0.2, 0) is 6.18 Å². The molecule has 3 aromatic rings. The Bertz CT molecular complexity index is 921. The van der Waals surface area contributed by atoms with E-state index in [1.54, 1.807) is 25.1 Å². The topological polar surface area (TPSA) is 90.7 Å². The number of hydrogen-bond acceptors (Lipinski definition) is 5. The SMILES string of the molecule is Cc1nc(N)nc(-c2cccc(C(F)(F)F)c2)c1-c1ccc(N)nc1. The quantitative estimate of drug-likeness (QED) is 0.739. The second-order valence-corrected chi connectivity index (χ2v) is 5.44. The molecule has 2 aromatic heterocycles. The summed E-state index contributed by atoms with van der Waals surface area (Å²) in [5.74, 6) is 0.315. The summed E-state index contributed by atoms with van der Waals surface area (Å²) in [5.41, 5.74) is 12.9. The van der Waals surface area contributed by atoms with Crippen LogP contribution in [0.2, 0.25) is 0 Å². The van der Waals surface area contributed by atoms with Crippen LogP contribution < -0.4 is 11.5 Å². The number of halogens is 3. The van der Waals surface area contributed by atoms with Gasteiger partial charge in [-0.05, 0) is 31.2 Å². The second-order valence-electron chi connectivity index (χ2n) is 5.44. The number of aromatic nitrogens is 3. The van der Waals surface area contributed by atoms with Crippen molar-refractivity contribution in [3.8, 4) is 22.4 Å². The van der Waals surface area contributed by atoms with Gasteiger partial charge in [-0.2, -0.15) is 13.2 Å². The molecule has 0 aliphatic carbocycles. The Morgan fingerprint density at radius 1 is 0.960 bits per heavy atom. The fraction of sp³-hybridized carbons (Fsp3) is 0.118. The smallest absolute Gasteiger partial charge is 0.384 e. The molecule has 128 valence electrons. The molecule has 0 aliphatic rings. The molecule has 0 saturated carbocycles. The fourth-order valence-corrected chi connectivity index (χ4v) is 2.55. The molecule has 0 radical (unpaired) electrons. The lowest BCUT2D eigenvalue weighted by Gasteiger charge is -2.14. The summed E-state index contributed by atoms with van der Waals surface area (Å²) in [6.07, 6.45) is -2.93. The normalized spacial score (nSPS) is 11.5. The van der Waals surface area contributed by atoms with Gasteiger partial charge < -0.3 is 11.5 Å². The maximum Gasteiger partial charge on any atom is 0.416 e. The summed E-state index contributed by atoms with van der Waals surface area (Å²) in [6.45, 7) is 1.71. The van der Waals surface area contributed by atoms with E-state index in [9.17, 15) is 13.2 Å². The molecule has 25 heavy (non-hydrogen) atoms. The van der Waals surface area contributed by atoms with Crippen molar-refractivity contribution >= 4 is 11.8 Å². The highest BCUT2D eigenvalue weighted by Gasteiger charge is 2.31. The summed E-state index contributed by atoms with van der Waals surface area (Å²) in [5, 5.41) is 0. The van der Waals surface area contributed by atoms with Gasteiger partial charge in [-0.1, -0.05) is 12.1 Å². The van der Waals surface area contributed by atoms with E-state index in [4.69, 9.17) is 11.5 Å². The first-order valence-electron chi connectivity index (χ1n) is 7.29. The number of nitrogens with two attached hydrogens (primary N) is 2. The van der Waals surface area contributed by atoms with Crippen molar-refractivity contribution in [3.05, 3.63) is 53.9 Å². The zero-order valence-corrected chi connectivity index (χ0v) is 13.2. The molecule has 0 fully saturated rings. The highest BCUT2D eigenvalue weighted by atomic mass is 19.4. The summed E-state index contributed by atoms with van der Waals surface area (Å²) in [4.78, 5) is 12.3. The van der Waals surface area contributed by atoms with Crippen LogP contribution in [0.4, 0.5) is 24.9 Å². The Hall–Kier alpha value is -3.16. The molecule has 0 bridgehead atoms. The Morgan fingerprint density at radius 2 is 1.72 bits per heavy atom. The Kier molecular flexibility index (Phi) is 4.03. The summed E-state index contributed by atoms with van der Waals surface area (Å²) in [6, 6.07) is 8.23. The lowest BCUT2D eigenvalue weighted by molar-refractivity contribution is -0.137. The third-order valence-corrected chi connectivity index (χ3v) is 3.65. The largest absolute Gasteiger partial charge is 0.416 e. The van der Waals surface area contributed by atoms with Gasteiger partial charge in [0.05, 0.1) is 17.0 Å². The predicted octanol–water partition coefficient (Wildman–Crippen LogP) is 3.70. The van der Waals surface area contributed by atoms with Gasteiger partial charge in [-0.3, -0.25) is 0 Å². The third-order valence-electron chi connectivity index (χ3n) is 3.65. The average Bonchev–Trinajstić information content (AvgIpc) is 2.55. The van der Waals surface area contributed by atoms with Crippen molar-refractivity contribution in [2.24, 2.45) is 0 Å². The first-order valence-corrected chi connectivity index (χ1v) is 7.29. The van der Waals surface area contributed by atoms with Gasteiger partial charge in [0.2, 0.25) is 5.95 Å². The van der Waals surface area contributed by atoms with Crippen LogP contribution in [-0.4, -0.2) is 15.0 Å². The van der Waals surface area contributed by atoms with Gasteiger partial charge in [0.1, 0.15) is 5.82 Å². The molecule has 8 heteroatoms. The van der Waals surface area contributed by atoms with Crippen LogP contribution in [0.15, 0.2) is 42.6 Å². The van der Waals surface area contributed by atoms with Crippen molar-refractivity contribution in [1.29, 1.82) is 0 Å². The van der Waals surface area contributed by atoms with Gasteiger partial charge in [-0.25, -0.2) is 15.0 Å². The first kappa shape index (κ1) is 16.7. The number of pyridine rings is 1. The van der Waals surface area contributed by atoms with E-state index in [2.05, 4.69) is 15.0 Å². The van der Waals surface area contributed by atoms with Crippen molar-refractivity contribution in [3.63, 3.8) is 0 Å². The van der Waals surface area contributed by atoms with Gasteiger partial charge in [0, 0.05) is 22.9 Å². The Labute approximate surface area is 141 Å². The molecule has 3 rings (SSSR count). The zero-order valence-electron chi connectivity index (χ0n) is 13.2. The maximum atomic E-state index is 13.0. The van der Waals surface area contributed by atoms with Crippen molar-refractivity contribution in [1.82, 2.24) is 15.0 Å². The van der Waals surface area contributed by atoms with Gasteiger partial charge >= 0.3 is 6.18 Å². The Morgan fingerprint density at radius 3 is 2.36 bits per heavy atom. The number of benzene rings is 1. The van der Waals surface area contributed by atoms with E-state index in [0.29, 0.717) is 33.9 Å². The van der Waals surface area contributed by atoms with Crippen LogP contribution in [0.5, 0.6) is 0 Å². The van der Waals surface area contributed by atoms with Crippen LogP contribution >= 0.6 is 0 Å². The highest BCUT2D eigenvalue weighted by Crippen LogP contribution is 2.36. The highest BCUT2D eigenvalue weighted by molar-refractivity contribution is 5.83. The molecule has 0 aliphatic heterocycles. The number of nitrogen functional groups attached to an aromatic ring is 2. The molecule has 0 unspecified atom stereocenters. The summed E-state index contributed by atoms with van der Waals surface area (Å²) < 4.78 is 39.1. The molecule has 0 saturated heterocycles. The molecule has 0 spiro atoms. The molecular weight excluding hydrogens is 331 g/mol. The minimum absolute atomic E-state index is 0.0166. The van der Waals surface area contributed by atoms with E-state index in [1.807, 2.05) is 0 Å². The molecule has 4 N–H and O–H groups in total. The lowest BCUT2D eigenvalue weighted by Crippen LogP contribution is -2.06. The van der Waals surface area contributed by atoms with E-state index < -0.39 is 11.7 Å². The minimum atomic E-state index is -4.45. The van der Waals surface area contributed by atoms with Crippen LogP contribution in [0.3, 0.4) is 0 Å². The lowest BCUT2D eigenvalue weighted by atomic mass is 9.98. The van der Waals surface area contributed by atoms with E-state index in [-0.39, 0.29) is 5.95 Å². The molecule has 0 atom stereocenters. The van der Waals surface area contributed by atoms with Crippen LogP contribution in [0, 0.1) is 6.92 Å². The number of hydrogen-bond donors (Lipinski definition) is 2. The van der Waals surface area contributed by atoms with Crippen LogP contribution in [0.25, 0.3) is 22.4 Å². The Balaban J connectivity index is 2.24. The number of rotatable bonds is 2. The van der Waals surface area contributed by atoms with Gasteiger partial charge in [0.25, 0.3) is 0 Å².